The topological polar surface area (TPSA) is 93.7 Å². The third-order valence-corrected chi connectivity index (χ3v) is 4.57. The lowest BCUT2D eigenvalue weighted by atomic mass is 10.1. The predicted molar refractivity (Wildman–Crippen MR) is 112 cm³/mol. The van der Waals surface area contributed by atoms with Gasteiger partial charge in [-0.2, -0.15) is 0 Å². The van der Waals surface area contributed by atoms with Crippen LogP contribution in [0.3, 0.4) is 0 Å². The van der Waals surface area contributed by atoms with Gasteiger partial charge in [0.25, 0.3) is 0 Å². The number of hydrogen-bond acceptors (Lipinski definition) is 6. The first-order chi connectivity index (χ1) is 14.0. The molecule has 1 unspecified atom stereocenters. The summed E-state index contributed by atoms with van der Waals surface area (Å²) in [6.45, 7) is 1.41. The first kappa shape index (κ1) is 22.6. The summed E-state index contributed by atoms with van der Waals surface area (Å²) in [7, 11) is 8.08. The Balaban J connectivity index is 2.18. The molecule has 1 atom stereocenters. The average Bonchev–Trinajstić information content (AvgIpc) is 2.75. The van der Waals surface area contributed by atoms with Crippen molar-refractivity contribution in [2.45, 2.75) is 25.4 Å². The van der Waals surface area contributed by atoms with Crippen molar-refractivity contribution in [3.8, 4) is 17.2 Å². The lowest BCUT2D eigenvalue weighted by molar-refractivity contribution is -0.127. The fourth-order valence-electron chi connectivity index (χ4n) is 2.90. The van der Waals surface area contributed by atoms with E-state index in [1.165, 1.54) is 4.90 Å². The number of nitrogens with zero attached hydrogens (tertiary/aromatic N) is 2. The van der Waals surface area contributed by atoms with Crippen molar-refractivity contribution < 1.29 is 23.7 Å². The Kier molecular flexibility index (Phi) is 8.85. The molecular weight excluding hydrogens is 376 g/mol. The van der Waals surface area contributed by atoms with Crippen molar-refractivity contribution in [3.05, 3.63) is 12.1 Å². The van der Waals surface area contributed by atoms with Crippen LogP contribution in [0.4, 0.5) is 5.69 Å². The maximum Gasteiger partial charge on any atom is 0.243 e. The first-order valence-corrected chi connectivity index (χ1v) is 9.65. The number of carbonyl (C=O) groups excluding carboxylic acids is 1. The Hall–Kier alpha value is -2.68. The zero-order valence-corrected chi connectivity index (χ0v) is 17.9. The van der Waals surface area contributed by atoms with Gasteiger partial charge in [0.15, 0.2) is 17.5 Å². The molecule has 0 radical (unpaired) electrons. The van der Waals surface area contributed by atoms with Crippen LogP contribution in [-0.2, 0) is 9.53 Å². The third kappa shape index (κ3) is 6.70. The van der Waals surface area contributed by atoms with Gasteiger partial charge in [0, 0.05) is 45.1 Å². The number of ether oxygens (including phenoxy) is 4. The van der Waals surface area contributed by atoms with Gasteiger partial charge in [-0.15, -0.1) is 0 Å². The summed E-state index contributed by atoms with van der Waals surface area (Å²) in [4.78, 5) is 17.9. The highest BCUT2D eigenvalue weighted by Crippen LogP contribution is 2.39. The molecule has 1 amide bonds. The molecule has 1 fully saturated rings. The van der Waals surface area contributed by atoms with E-state index in [9.17, 15) is 4.79 Å². The second-order valence-electron chi connectivity index (χ2n) is 6.86. The highest BCUT2D eigenvalue weighted by Gasteiger charge is 2.17. The Labute approximate surface area is 172 Å². The number of likely N-dealkylation sites (N-methyl/N-ethyl adjacent to an activating group) is 1. The Bertz CT molecular complexity index is 677. The molecule has 2 rings (SSSR count). The lowest BCUT2D eigenvalue weighted by Crippen LogP contribution is -2.39. The fourth-order valence-corrected chi connectivity index (χ4v) is 2.90. The van der Waals surface area contributed by atoms with E-state index in [1.807, 2.05) is 0 Å². The number of methoxy groups -OCH3 is 3. The van der Waals surface area contributed by atoms with E-state index in [1.54, 1.807) is 47.6 Å². The van der Waals surface area contributed by atoms with Gasteiger partial charge in [-0.05, 0) is 19.3 Å². The van der Waals surface area contributed by atoms with Gasteiger partial charge in [0.2, 0.25) is 11.7 Å². The molecule has 0 bridgehead atoms. The lowest BCUT2D eigenvalue weighted by Gasteiger charge is -2.24. The largest absolute Gasteiger partial charge is 0.493 e. The van der Waals surface area contributed by atoms with Crippen LogP contribution in [0.1, 0.15) is 19.3 Å². The molecule has 2 N–H and O–H groups in total. The number of amides is 1. The molecule has 1 aromatic rings. The van der Waals surface area contributed by atoms with Crippen molar-refractivity contribution >= 4 is 17.6 Å². The zero-order valence-electron chi connectivity index (χ0n) is 17.9. The minimum absolute atomic E-state index is 0.0261. The standard InChI is InChI=1S/C20H32N4O5/c1-24(2)18(25)13-22-20(21-12-15-8-6-7-9-29-15)23-14-10-16(26-3)19(28-5)17(11-14)27-4/h10-11,15H,6-9,12-13H2,1-5H3,(H2,21,22,23). The van der Waals surface area contributed by atoms with E-state index >= 15 is 0 Å². The summed E-state index contributed by atoms with van der Waals surface area (Å²) in [5.41, 5.74) is 0.688. The zero-order chi connectivity index (χ0) is 21.2. The molecule has 1 saturated heterocycles. The molecule has 162 valence electrons. The summed E-state index contributed by atoms with van der Waals surface area (Å²) in [5, 5.41) is 6.48. The first-order valence-electron chi connectivity index (χ1n) is 9.65. The van der Waals surface area contributed by atoms with Crippen molar-refractivity contribution in [1.82, 2.24) is 10.2 Å². The summed E-state index contributed by atoms with van der Waals surface area (Å²) >= 11 is 0. The smallest absolute Gasteiger partial charge is 0.243 e. The summed E-state index contributed by atoms with van der Waals surface area (Å²) in [5.74, 6) is 1.93. The third-order valence-electron chi connectivity index (χ3n) is 4.57. The van der Waals surface area contributed by atoms with Crippen molar-refractivity contribution in [2.24, 2.45) is 4.99 Å². The summed E-state index contributed by atoms with van der Waals surface area (Å²) in [6, 6.07) is 3.56. The van der Waals surface area contributed by atoms with Crippen LogP contribution in [0.2, 0.25) is 0 Å². The average molecular weight is 408 g/mol. The molecule has 1 aliphatic heterocycles. The fraction of sp³-hybridized carbons (Fsp3) is 0.600. The number of guanidine groups is 1. The summed E-state index contributed by atoms with van der Waals surface area (Å²) in [6.07, 6.45) is 3.37. The van der Waals surface area contributed by atoms with E-state index in [-0.39, 0.29) is 18.6 Å². The maximum absolute atomic E-state index is 12.0. The predicted octanol–water partition coefficient (Wildman–Crippen LogP) is 1.73. The van der Waals surface area contributed by atoms with Crippen LogP contribution < -0.4 is 24.8 Å². The van der Waals surface area contributed by atoms with Gasteiger partial charge >= 0.3 is 0 Å². The van der Waals surface area contributed by atoms with Gasteiger partial charge in [0.05, 0.1) is 27.4 Å². The van der Waals surface area contributed by atoms with E-state index in [2.05, 4.69) is 15.6 Å². The highest BCUT2D eigenvalue weighted by atomic mass is 16.5. The van der Waals surface area contributed by atoms with E-state index in [0.717, 1.165) is 25.9 Å². The van der Waals surface area contributed by atoms with Gasteiger partial charge in [-0.3, -0.25) is 4.79 Å². The number of hydrogen-bond donors (Lipinski definition) is 2. The molecule has 9 heteroatoms. The normalized spacial score (nSPS) is 16.7. The van der Waals surface area contributed by atoms with Gasteiger partial charge < -0.3 is 34.5 Å². The number of anilines is 1. The Morgan fingerprint density at radius 1 is 1.17 bits per heavy atom. The molecule has 1 aliphatic rings. The molecule has 29 heavy (non-hydrogen) atoms. The van der Waals surface area contributed by atoms with Crippen molar-refractivity contribution in [2.75, 3.05) is 60.4 Å². The van der Waals surface area contributed by atoms with E-state index in [4.69, 9.17) is 18.9 Å². The number of nitrogens with one attached hydrogen (secondary N) is 2. The number of rotatable bonds is 8. The second kappa shape index (κ2) is 11.4. The van der Waals surface area contributed by atoms with Crippen LogP contribution in [0.5, 0.6) is 17.2 Å². The van der Waals surface area contributed by atoms with E-state index < -0.39 is 0 Å². The quantitative estimate of drug-likeness (QED) is 0.500. The van der Waals surface area contributed by atoms with Crippen LogP contribution in [0.15, 0.2) is 17.1 Å². The van der Waals surface area contributed by atoms with Crippen LogP contribution in [0.25, 0.3) is 0 Å². The molecule has 0 spiro atoms. The number of carbonyl (C=O) groups is 1. The number of aliphatic imine (C=N–C) groups is 1. The van der Waals surface area contributed by atoms with Gasteiger partial charge in [-0.25, -0.2) is 4.99 Å². The minimum Gasteiger partial charge on any atom is -0.493 e. The Morgan fingerprint density at radius 3 is 2.38 bits per heavy atom. The van der Waals surface area contributed by atoms with Gasteiger partial charge in [0.1, 0.15) is 6.54 Å². The number of benzene rings is 1. The SMILES string of the molecule is COc1cc(NC(=NCC(=O)N(C)C)NCC2CCCCO2)cc(OC)c1OC. The second-order valence-corrected chi connectivity index (χ2v) is 6.86. The van der Waals surface area contributed by atoms with Crippen LogP contribution in [0, 0.1) is 0 Å². The van der Waals surface area contributed by atoms with Crippen molar-refractivity contribution in [1.29, 1.82) is 0 Å². The van der Waals surface area contributed by atoms with Crippen molar-refractivity contribution in [3.63, 3.8) is 0 Å². The molecule has 1 heterocycles. The minimum atomic E-state index is -0.0927. The van der Waals surface area contributed by atoms with Gasteiger partial charge in [-0.1, -0.05) is 0 Å². The monoisotopic (exact) mass is 408 g/mol. The molecule has 0 saturated carbocycles. The van der Waals surface area contributed by atoms with Crippen LogP contribution >= 0.6 is 0 Å². The molecule has 1 aromatic carbocycles. The highest BCUT2D eigenvalue weighted by molar-refractivity contribution is 5.95. The molecule has 0 aromatic heterocycles. The van der Waals surface area contributed by atoms with Crippen LogP contribution in [-0.4, -0.2) is 78.0 Å². The maximum atomic E-state index is 12.0. The molecule has 9 nitrogen and oxygen atoms in total. The summed E-state index contributed by atoms with van der Waals surface area (Å²) < 4.78 is 21.9. The molecule has 0 aliphatic carbocycles. The molecular formula is C20H32N4O5. The van der Waals surface area contributed by atoms with E-state index in [0.29, 0.717) is 35.4 Å². The Morgan fingerprint density at radius 2 is 1.86 bits per heavy atom.